The maximum atomic E-state index is 9.26. The van der Waals surface area contributed by atoms with Crippen molar-refractivity contribution in [2.45, 2.75) is 24.9 Å². The Kier molecular flexibility index (Phi) is 1.47. The van der Waals surface area contributed by atoms with Crippen molar-refractivity contribution in [1.29, 1.82) is 0 Å². The quantitative estimate of drug-likeness (QED) is 0.664. The molecule has 0 aromatic carbocycles. The molecule has 1 N–H and O–H groups in total. The van der Waals surface area contributed by atoms with Crippen molar-refractivity contribution in [2.75, 3.05) is 0 Å². The van der Waals surface area contributed by atoms with Gasteiger partial charge in [0.15, 0.2) is 0 Å². The van der Waals surface area contributed by atoms with Crippen LogP contribution in [-0.4, -0.2) is 16.2 Å². The van der Waals surface area contributed by atoms with Crippen molar-refractivity contribution >= 4 is 11.3 Å². The van der Waals surface area contributed by atoms with Gasteiger partial charge >= 0.3 is 0 Å². The zero-order valence-electron chi connectivity index (χ0n) is 5.53. The van der Waals surface area contributed by atoms with Crippen molar-refractivity contribution in [2.24, 2.45) is 0 Å². The SMILES string of the molecule is OC1CCC1c1cncs1. The van der Waals surface area contributed by atoms with Crippen molar-refractivity contribution in [3.63, 3.8) is 0 Å². The van der Waals surface area contributed by atoms with Gasteiger partial charge in [-0.1, -0.05) is 0 Å². The van der Waals surface area contributed by atoms with Crippen molar-refractivity contribution in [3.05, 3.63) is 16.6 Å². The van der Waals surface area contributed by atoms with Crippen molar-refractivity contribution in [1.82, 2.24) is 4.98 Å². The third-order valence-corrected chi connectivity index (χ3v) is 2.96. The molecule has 0 saturated heterocycles. The van der Waals surface area contributed by atoms with Crippen LogP contribution in [0, 0.1) is 0 Å². The molecule has 0 aliphatic heterocycles. The number of nitrogens with zero attached hydrogens (tertiary/aromatic N) is 1. The molecule has 1 saturated carbocycles. The zero-order chi connectivity index (χ0) is 6.97. The molecule has 2 nitrogen and oxygen atoms in total. The third kappa shape index (κ3) is 0.859. The number of aliphatic hydroxyl groups excluding tert-OH is 1. The zero-order valence-corrected chi connectivity index (χ0v) is 6.34. The van der Waals surface area contributed by atoms with Crippen LogP contribution in [0.2, 0.25) is 0 Å². The van der Waals surface area contributed by atoms with Gasteiger partial charge in [0, 0.05) is 17.0 Å². The first-order valence-electron chi connectivity index (χ1n) is 3.44. The molecule has 1 aromatic rings. The van der Waals surface area contributed by atoms with Gasteiger partial charge in [-0.2, -0.15) is 0 Å². The molecule has 0 spiro atoms. The standard InChI is InChI=1S/C7H9NOS/c9-6-2-1-5(6)7-3-8-4-10-7/h3-6,9H,1-2H2. The van der Waals surface area contributed by atoms with Gasteiger partial charge < -0.3 is 5.11 Å². The van der Waals surface area contributed by atoms with E-state index in [1.54, 1.807) is 11.3 Å². The van der Waals surface area contributed by atoms with Crippen molar-refractivity contribution < 1.29 is 5.11 Å². The molecule has 2 rings (SSSR count). The molecular formula is C7H9NOS. The van der Waals surface area contributed by atoms with Crippen molar-refractivity contribution in [3.8, 4) is 0 Å². The summed E-state index contributed by atoms with van der Waals surface area (Å²) in [6.07, 6.45) is 3.85. The Labute approximate surface area is 63.5 Å². The number of rotatable bonds is 1. The molecule has 10 heavy (non-hydrogen) atoms. The lowest BCUT2D eigenvalue weighted by atomic mass is 9.81. The van der Waals surface area contributed by atoms with Gasteiger partial charge in [0.25, 0.3) is 0 Å². The van der Waals surface area contributed by atoms with Crippen LogP contribution in [0.3, 0.4) is 0 Å². The Morgan fingerprint density at radius 2 is 2.50 bits per heavy atom. The molecule has 2 atom stereocenters. The van der Waals surface area contributed by atoms with Crippen LogP contribution in [0.15, 0.2) is 11.7 Å². The second kappa shape index (κ2) is 2.32. The first kappa shape index (κ1) is 6.31. The maximum Gasteiger partial charge on any atom is 0.0794 e. The highest BCUT2D eigenvalue weighted by atomic mass is 32.1. The smallest absolute Gasteiger partial charge is 0.0794 e. The van der Waals surface area contributed by atoms with Crippen LogP contribution in [0.4, 0.5) is 0 Å². The van der Waals surface area contributed by atoms with Gasteiger partial charge in [-0.05, 0) is 12.8 Å². The minimum atomic E-state index is -0.0968. The minimum absolute atomic E-state index is 0.0968. The Morgan fingerprint density at radius 1 is 1.60 bits per heavy atom. The van der Waals surface area contributed by atoms with E-state index in [9.17, 15) is 5.11 Å². The lowest BCUT2D eigenvalue weighted by molar-refractivity contribution is 0.0676. The van der Waals surface area contributed by atoms with E-state index in [4.69, 9.17) is 0 Å². The largest absolute Gasteiger partial charge is 0.392 e. The second-order valence-electron chi connectivity index (χ2n) is 2.65. The van der Waals surface area contributed by atoms with Gasteiger partial charge in [0.2, 0.25) is 0 Å². The van der Waals surface area contributed by atoms with Gasteiger partial charge in [-0.15, -0.1) is 11.3 Å². The summed E-state index contributed by atoms with van der Waals surface area (Å²) in [7, 11) is 0. The van der Waals surface area contributed by atoms with E-state index in [0.29, 0.717) is 5.92 Å². The number of hydrogen-bond donors (Lipinski definition) is 1. The first-order chi connectivity index (χ1) is 4.88. The van der Waals surface area contributed by atoms with Gasteiger partial charge in [-0.3, -0.25) is 4.98 Å². The van der Waals surface area contributed by atoms with Gasteiger partial charge in [0.05, 0.1) is 11.6 Å². The topological polar surface area (TPSA) is 33.1 Å². The Hall–Kier alpha value is -0.410. The summed E-state index contributed by atoms with van der Waals surface area (Å²) in [6.45, 7) is 0. The highest BCUT2D eigenvalue weighted by Crippen LogP contribution is 2.38. The van der Waals surface area contributed by atoms with E-state index >= 15 is 0 Å². The summed E-state index contributed by atoms with van der Waals surface area (Å²) >= 11 is 1.64. The van der Waals surface area contributed by atoms with E-state index in [-0.39, 0.29) is 6.10 Å². The number of aliphatic hydroxyl groups is 1. The average molecular weight is 155 g/mol. The molecule has 3 heteroatoms. The molecule has 0 radical (unpaired) electrons. The average Bonchev–Trinajstić information content (AvgIpc) is 2.37. The Morgan fingerprint density at radius 3 is 2.90 bits per heavy atom. The second-order valence-corrected chi connectivity index (χ2v) is 3.57. The van der Waals surface area contributed by atoms with Crippen LogP contribution in [0.1, 0.15) is 23.6 Å². The first-order valence-corrected chi connectivity index (χ1v) is 4.32. The van der Waals surface area contributed by atoms with Gasteiger partial charge in [0.1, 0.15) is 0 Å². The summed E-state index contributed by atoms with van der Waals surface area (Å²) in [4.78, 5) is 5.20. The number of hydrogen-bond acceptors (Lipinski definition) is 3. The molecule has 2 unspecified atom stereocenters. The molecule has 0 bridgehead atoms. The monoisotopic (exact) mass is 155 g/mol. The van der Waals surface area contributed by atoms with E-state index in [2.05, 4.69) is 4.98 Å². The fourth-order valence-corrected chi connectivity index (χ4v) is 2.04. The summed E-state index contributed by atoms with van der Waals surface area (Å²) in [6, 6.07) is 0. The van der Waals surface area contributed by atoms with Gasteiger partial charge in [-0.25, -0.2) is 0 Å². The maximum absolute atomic E-state index is 9.26. The highest BCUT2D eigenvalue weighted by molar-refractivity contribution is 7.09. The molecule has 1 heterocycles. The van der Waals surface area contributed by atoms with E-state index in [0.717, 1.165) is 12.8 Å². The number of aromatic nitrogens is 1. The van der Waals surface area contributed by atoms with Crippen LogP contribution in [0.5, 0.6) is 0 Å². The summed E-state index contributed by atoms with van der Waals surface area (Å²) in [5, 5.41) is 9.26. The predicted octanol–water partition coefficient (Wildman–Crippen LogP) is 1.38. The van der Waals surface area contributed by atoms with Crippen LogP contribution in [0.25, 0.3) is 0 Å². The molecule has 1 aliphatic carbocycles. The minimum Gasteiger partial charge on any atom is -0.392 e. The molecule has 0 amide bonds. The Balaban J connectivity index is 2.14. The predicted molar refractivity (Wildman–Crippen MR) is 40.1 cm³/mol. The van der Waals surface area contributed by atoms with E-state index < -0.39 is 0 Å². The third-order valence-electron chi connectivity index (χ3n) is 2.05. The molecule has 1 aromatic heterocycles. The Bertz CT molecular complexity index is 209. The van der Waals surface area contributed by atoms with Crippen LogP contribution >= 0.6 is 11.3 Å². The van der Waals surface area contributed by atoms with Crippen LogP contribution < -0.4 is 0 Å². The highest BCUT2D eigenvalue weighted by Gasteiger charge is 2.30. The normalized spacial score (nSPS) is 31.7. The summed E-state index contributed by atoms with van der Waals surface area (Å²) < 4.78 is 0. The number of thiazole rings is 1. The molecular weight excluding hydrogens is 146 g/mol. The van der Waals surface area contributed by atoms with Crippen LogP contribution in [-0.2, 0) is 0 Å². The lowest BCUT2D eigenvalue weighted by Crippen LogP contribution is -2.27. The van der Waals surface area contributed by atoms with E-state index in [1.165, 1.54) is 4.88 Å². The lowest BCUT2D eigenvalue weighted by Gasteiger charge is -2.30. The molecule has 54 valence electrons. The molecule has 1 fully saturated rings. The summed E-state index contributed by atoms with van der Waals surface area (Å²) in [5.41, 5.74) is 1.82. The fourth-order valence-electron chi connectivity index (χ4n) is 1.22. The summed E-state index contributed by atoms with van der Waals surface area (Å²) in [5.74, 6) is 0.396. The molecule has 1 aliphatic rings. The fraction of sp³-hybridized carbons (Fsp3) is 0.571. The van der Waals surface area contributed by atoms with E-state index in [1.807, 2.05) is 11.7 Å².